The number of ether oxygens (including phenoxy) is 3. The molecule has 21 heavy (non-hydrogen) atoms. The van der Waals surface area contributed by atoms with Crippen molar-refractivity contribution < 1.29 is 27.4 Å². The van der Waals surface area contributed by atoms with Gasteiger partial charge in [-0.15, -0.1) is 0 Å². The second-order valence-corrected chi connectivity index (χ2v) is 4.57. The maximum atomic E-state index is 12.1. The van der Waals surface area contributed by atoms with E-state index in [1.807, 2.05) is 0 Å². The Morgan fingerprint density at radius 1 is 1.05 bits per heavy atom. The Kier molecular flexibility index (Phi) is 6.14. The third-order valence-electron chi connectivity index (χ3n) is 3.09. The first kappa shape index (κ1) is 17.4. The van der Waals surface area contributed by atoms with Crippen LogP contribution in [0, 0.1) is 0 Å². The SMILES string of the molecule is COc1cc(C(N)CCCC(F)(F)F)cc(OC)c1OC. The van der Waals surface area contributed by atoms with Gasteiger partial charge in [0.05, 0.1) is 21.3 Å². The molecule has 0 fully saturated rings. The highest BCUT2D eigenvalue weighted by atomic mass is 19.4. The molecule has 1 atom stereocenters. The van der Waals surface area contributed by atoms with Gasteiger partial charge in [0.15, 0.2) is 11.5 Å². The smallest absolute Gasteiger partial charge is 0.389 e. The van der Waals surface area contributed by atoms with Crippen LogP contribution in [0.5, 0.6) is 17.2 Å². The lowest BCUT2D eigenvalue weighted by atomic mass is 10.0. The second-order valence-electron chi connectivity index (χ2n) is 4.57. The van der Waals surface area contributed by atoms with E-state index in [-0.39, 0.29) is 12.8 Å². The molecule has 0 aliphatic rings. The average molecular weight is 307 g/mol. The molecule has 0 heterocycles. The predicted octanol–water partition coefficient (Wildman–Crippen LogP) is 3.44. The van der Waals surface area contributed by atoms with Crippen molar-refractivity contribution in [2.45, 2.75) is 31.5 Å². The Morgan fingerprint density at radius 3 is 1.95 bits per heavy atom. The third-order valence-corrected chi connectivity index (χ3v) is 3.09. The summed E-state index contributed by atoms with van der Waals surface area (Å²) in [6, 6.07) is 2.78. The molecule has 1 unspecified atom stereocenters. The fraction of sp³-hybridized carbons (Fsp3) is 0.571. The summed E-state index contributed by atoms with van der Waals surface area (Å²) in [6.45, 7) is 0. The Bertz CT molecular complexity index is 438. The lowest BCUT2D eigenvalue weighted by Gasteiger charge is -2.18. The predicted molar refractivity (Wildman–Crippen MR) is 72.9 cm³/mol. The van der Waals surface area contributed by atoms with Crippen LogP contribution in [0.25, 0.3) is 0 Å². The molecule has 120 valence electrons. The van der Waals surface area contributed by atoms with Crippen molar-refractivity contribution >= 4 is 0 Å². The molecule has 1 aromatic carbocycles. The Balaban J connectivity index is 2.87. The van der Waals surface area contributed by atoms with Crippen LogP contribution in [0.2, 0.25) is 0 Å². The topological polar surface area (TPSA) is 53.7 Å². The van der Waals surface area contributed by atoms with Gasteiger partial charge < -0.3 is 19.9 Å². The Hall–Kier alpha value is -1.63. The number of hydrogen-bond donors (Lipinski definition) is 1. The highest BCUT2D eigenvalue weighted by molar-refractivity contribution is 5.54. The zero-order chi connectivity index (χ0) is 16.0. The van der Waals surface area contributed by atoms with E-state index in [4.69, 9.17) is 19.9 Å². The van der Waals surface area contributed by atoms with Crippen molar-refractivity contribution in [2.75, 3.05) is 21.3 Å². The van der Waals surface area contributed by atoms with Crippen molar-refractivity contribution in [3.8, 4) is 17.2 Å². The number of methoxy groups -OCH3 is 3. The van der Waals surface area contributed by atoms with Gasteiger partial charge in [-0.1, -0.05) is 0 Å². The summed E-state index contributed by atoms with van der Waals surface area (Å²) in [6.07, 6.45) is -4.81. The molecule has 0 saturated heterocycles. The molecule has 1 aromatic rings. The quantitative estimate of drug-likeness (QED) is 0.838. The number of alkyl halides is 3. The van der Waals surface area contributed by atoms with Gasteiger partial charge in [0.2, 0.25) is 5.75 Å². The van der Waals surface area contributed by atoms with Crippen molar-refractivity contribution in [2.24, 2.45) is 5.73 Å². The second kappa shape index (κ2) is 7.40. The van der Waals surface area contributed by atoms with Gasteiger partial charge in [-0.3, -0.25) is 0 Å². The van der Waals surface area contributed by atoms with Gasteiger partial charge in [0, 0.05) is 12.5 Å². The molecule has 0 saturated carbocycles. The van der Waals surface area contributed by atoms with Gasteiger partial charge in [-0.05, 0) is 30.5 Å². The summed E-state index contributed by atoms with van der Waals surface area (Å²) in [7, 11) is 4.41. The van der Waals surface area contributed by atoms with E-state index in [0.29, 0.717) is 22.8 Å². The lowest BCUT2D eigenvalue weighted by Crippen LogP contribution is -2.13. The number of benzene rings is 1. The average Bonchev–Trinajstić information content (AvgIpc) is 2.43. The number of halogens is 3. The van der Waals surface area contributed by atoms with Crippen molar-refractivity contribution in [1.82, 2.24) is 0 Å². The molecule has 0 aromatic heterocycles. The van der Waals surface area contributed by atoms with E-state index >= 15 is 0 Å². The molecule has 0 spiro atoms. The fourth-order valence-corrected chi connectivity index (χ4v) is 2.00. The maximum Gasteiger partial charge on any atom is 0.389 e. The highest BCUT2D eigenvalue weighted by Crippen LogP contribution is 2.40. The molecule has 4 nitrogen and oxygen atoms in total. The number of hydrogen-bond acceptors (Lipinski definition) is 4. The standard InChI is InChI=1S/C14H20F3NO3/c1-19-11-7-9(8-12(20-2)13(11)21-3)10(18)5-4-6-14(15,16)17/h7-8,10H,4-6,18H2,1-3H3. The van der Waals surface area contributed by atoms with E-state index in [2.05, 4.69) is 0 Å². The van der Waals surface area contributed by atoms with Crippen LogP contribution in [0.4, 0.5) is 13.2 Å². The van der Waals surface area contributed by atoms with Gasteiger partial charge >= 0.3 is 6.18 Å². The Morgan fingerprint density at radius 2 is 1.57 bits per heavy atom. The largest absolute Gasteiger partial charge is 0.493 e. The maximum absolute atomic E-state index is 12.1. The van der Waals surface area contributed by atoms with Crippen molar-refractivity contribution in [3.63, 3.8) is 0 Å². The molecule has 0 radical (unpaired) electrons. The summed E-state index contributed by atoms with van der Waals surface area (Å²) < 4.78 is 52.0. The van der Waals surface area contributed by atoms with Crippen LogP contribution in [0.1, 0.15) is 30.9 Å². The molecular weight excluding hydrogens is 287 g/mol. The highest BCUT2D eigenvalue weighted by Gasteiger charge is 2.26. The van der Waals surface area contributed by atoms with Gasteiger partial charge in [-0.2, -0.15) is 13.2 Å². The first-order valence-corrected chi connectivity index (χ1v) is 6.44. The van der Waals surface area contributed by atoms with Crippen LogP contribution >= 0.6 is 0 Å². The minimum Gasteiger partial charge on any atom is -0.493 e. The molecule has 0 amide bonds. The fourth-order valence-electron chi connectivity index (χ4n) is 2.00. The van der Waals surface area contributed by atoms with Crippen LogP contribution in [-0.2, 0) is 0 Å². The summed E-state index contributed by atoms with van der Waals surface area (Å²) >= 11 is 0. The monoisotopic (exact) mass is 307 g/mol. The molecule has 0 aliphatic carbocycles. The van der Waals surface area contributed by atoms with Crippen molar-refractivity contribution in [3.05, 3.63) is 17.7 Å². The van der Waals surface area contributed by atoms with Crippen LogP contribution in [-0.4, -0.2) is 27.5 Å². The van der Waals surface area contributed by atoms with E-state index in [0.717, 1.165) is 0 Å². The zero-order valence-corrected chi connectivity index (χ0v) is 12.3. The van der Waals surface area contributed by atoms with E-state index in [1.165, 1.54) is 21.3 Å². The van der Waals surface area contributed by atoms with E-state index < -0.39 is 18.6 Å². The van der Waals surface area contributed by atoms with Crippen LogP contribution in [0.3, 0.4) is 0 Å². The van der Waals surface area contributed by atoms with E-state index in [1.54, 1.807) is 12.1 Å². The molecule has 7 heteroatoms. The number of rotatable bonds is 7. The Labute approximate surface area is 122 Å². The minimum absolute atomic E-state index is 0.0265. The van der Waals surface area contributed by atoms with Crippen molar-refractivity contribution in [1.29, 1.82) is 0 Å². The molecule has 2 N–H and O–H groups in total. The summed E-state index contributed by atoms with van der Waals surface area (Å²) in [4.78, 5) is 0. The molecular formula is C14H20F3NO3. The lowest BCUT2D eigenvalue weighted by molar-refractivity contribution is -0.135. The van der Waals surface area contributed by atoms with Gasteiger partial charge in [0.1, 0.15) is 0 Å². The first-order chi connectivity index (χ1) is 9.82. The van der Waals surface area contributed by atoms with Crippen LogP contribution in [0.15, 0.2) is 12.1 Å². The van der Waals surface area contributed by atoms with Crippen LogP contribution < -0.4 is 19.9 Å². The normalized spacial score (nSPS) is 12.9. The molecule has 1 rings (SSSR count). The van der Waals surface area contributed by atoms with Gasteiger partial charge in [-0.25, -0.2) is 0 Å². The minimum atomic E-state index is -4.16. The third kappa shape index (κ3) is 5.00. The summed E-state index contributed by atoms with van der Waals surface area (Å²) in [5.41, 5.74) is 6.59. The van der Waals surface area contributed by atoms with Gasteiger partial charge in [0.25, 0.3) is 0 Å². The number of nitrogens with two attached hydrogens (primary N) is 1. The summed E-state index contributed by atoms with van der Waals surface area (Å²) in [5, 5.41) is 0. The summed E-state index contributed by atoms with van der Waals surface area (Å²) in [5.74, 6) is 1.28. The molecule has 0 bridgehead atoms. The zero-order valence-electron chi connectivity index (χ0n) is 12.3. The molecule has 0 aliphatic heterocycles. The first-order valence-electron chi connectivity index (χ1n) is 6.44. The van der Waals surface area contributed by atoms with E-state index in [9.17, 15) is 13.2 Å².